The summed E-state index contributed by atoms with van der Waals surface area (Å²) in [4.78, 5) is 27.0. The van der Waals surface area contributed by atoms with Gasteiger partial charge in [-0.3, -0.25) is 9.59 Å². The largest absolute Gasteiger partial charge is 0.467 e. The smallest absolute Gasteiger partial charge is 0.261 e. The van der Waals surface area contributed by atoms with Crippen molar-refractivity contribution in [2.45, 2.75) is 25.5 Å². The fourth-order valence-electron chi connectivity index (χ4n) is 2.52. The molecule has 0 aromatic carbocycles. The van der Waals surface area contributed by atoms with Gasteiger partial charge in [-0.25, -0.2) is 0 Å². The van der Waals surface area contributed by atoms with Crippen molar-refractivity contribution < 1.29 is 18.7 Å². The van der Waals surface area contributed by atoms with Crippen molar-refractivity contribution in [3.63, 3.8) is 0 Å². The summed E-state index contributed by atoms with van der Waals surface area (Å²) in [7, 11) is 0. The molecule has 0 aliphatic carbocycles. The van der Waals surface area contributed by atoms with Crippen LogP contribution in [-0.4, -0.2) is 22.0 Å². The van der Waals surface area contributed by atoms with E-state index in [4.69, 9.17) is 8.83 Å². The Hall–Kier alpha value is -3.06. The Kier molecular flexibility index (Phi) is 4.85. The quantitative estimate of drug-likeness (QED) is 0.638. The van der Waals surface area contributed by atoms with Crippen LogP contribution in [0.15, 0.2) is 62.6 Å². The highest BCUT2D eigenvalue weighted by Gasteiger charge is 2.18. The van der Waals surface area contributed by atoms with Gasteiger partial charge in [0, 0.05) is 12.5 Å². The maximum absolute atomic E-state index is 12.3. The molecule has 0 saturated carbocycles. The van der Waals surface area contributed by atoms with Crippen LogP contribution in [0.25, 0.3) is 11.5 Å². The Morgan fingerprint density at radius 3 is 2.60 bits per heavy atom. The van der Waals surface area contributed by atoms with Gasteiger partial charge in [0.1, 0.15) is 23.2 Å². The van der Waals surface area contributed by atoms with Crippen LogP contribution in [0.4, 0.5) is 0 Å². The molecule has 2 unspecified atom stereocenters. The van der Waals surface area contributed by atoms with Gasteiger partial charge >= 0.3 is 0 Å². The maximum atomic E-state index is 12.3. The minimum absolute atomic E-state index is 0.00496. The summed E-state index contributed by atoms with van der Waals surface area (Å²) in [5, 5.41) is 12.7. The molecule has 0 bridgehead atoms. The number of nitrogens with one attached hydrogen (secondary N) is 2. The molecule has 0 fully saturated rings. The van der Waals surface area contributed by atoms with Gasteiger partial charge in [0.25, 0.3) is 11.5 Å². The summed E-state index contributed by atoms with van der Waals surface area (Å²) in [5.74, 6) is 0.437. The number of rotatable bonds is 6. The monoisotopic (exact) mass is 342 g/mol. The van der Waals surface area contributed by atoms with E-state index in [1.807, 2.05) is 0 Å². The first kappa shape index (κ1) is 16.8. The van der Waals surface area contributed by atoms with E-state index in [1.165, 1.54) is 18.6 Å². The van der Waals surface area contributed by atoms with Crippen molar-refractivity contribution in [3.05, 3.63) is 70.6 Å². The fraction of sp³-hybridized carbons (Fsp3) is 0.222. The second-order valence-corrected chi connectivity index (χ2v) is 5.73. The average molecular weight is 342 g/mol. The number of carbonyl (C=O) groups excluding carboxylic acids is 1. The number of amides is 1. The lowest BCUT2D eigenvalue weighted by molar-refractivity contribution is 0.0901. The molecule has 3 aromatic heterocycles. The number of hydrogen-bond acceptors (Lipinski definition) is 5. The first-order chi connectivity index (χ1) is 12.0. The summed E-state index contributed by atoms with van der Waals surface area (Å²) in [6, 6.07) is 9.47. The molecule has 0 spiro atoms. The first-order valence-electron chi connectivity index (χ1n) is 7.84. The second kappa shape index (κ2) is 7.23. The van der Waals surface area contributed by atoms with Gasteiger partial charge in [-0.2, -0.15) is 0 Å². The average Bonchev–Trinajstić information content (AvgIpc) is 3.28. The summed E-state index contributed by atoms with van der Waals surface area (Å²) in [5.41, 5.74) is -0.0207. The zero-order chi connectivity index (χ0) is 17.8. The van der Waals surface area contributed by atoms with Crippen molar-refractivity contribution in [1.82, 2.24) is 10.3 Å². The van der Waals surface area contributed by atoms with Gasteiger partial charge in [-0.15, -0.1) is 0 Å². The Bertz CT molecular complexity index is 881. The molecule has 25 heavy (non-hydrogen) atoms. The van der Waals surface area contributed by atoms with Gasteiger partial charge in [-0.1, -0.05) is 0 Å². The molecule has 3 N–H and O–H groups in total. The molecule has 130 valence electrons. The predicted octanol–water partition coefficient (Wildman–Crippen LogP) is 2.47. The minimum Gasteiger partial charge on any atom is -0.467 e. The Labute approximate surface area is 143 Å². The number of furan rings is 2. The second-order valence-electron chi connectivity index (χ2n) is 5.73. The molecule has 7 heteroatoms. The van der Waals surface area contributed by atoms with E-state index < -0.39 is 17.6 Å². The van der Waals surface area contributed by atoms with Gasteiger partial charge in [-0.05, 0) is 43.3 Å². The molecule has 2 atom stereocenters. The highest BCUT2D eigenvalue weighted by Crippen LogP contribution is 2.19. The molecule has 0 radical (unpaired) electrons. The van der Waals surface area contributed by atoms with E-state index >= 15 is 0 Å². The van der Waals surface area contributed by atoms with E-state index in [9.17, 15) is 14.7 Å². The zero-order valence-electron chi connectivity index (χ0n) is 13.6. The summed E-state index contributed by atoms with van der Waals surface area (Å²) in [6.45, 7) is 1.75. The van der Waals surface area contributed by atoms with Crippen LogP contribution < -0.4 is 10.9 Å². The Morgan fingerprint density at radius 2 is 1.96 bits per heavy atom. The maximum Gasteiger partial charge on any atom is 0.261 e. The fourth-order valence-corrected chi connectivity index (χ4v) is 2.52. The highest BCUT2D eigenvalue weighted by atomic mass is 16.4. The van der Waals surface area contributed by atoms with Crippen molar-refractivity contribution in [1.29, 1.82) is 0 Å². The van der Waals surface area contributed by atoms with Gasteiger partial charge in [0.15, 0.2) is 0 Å². The molecule has 7 nitrogen and oxygen atoms in total. The molecular weight excluding hydrogens is 324 g/mol. The van der Waals surface area contributed by atoms with E-state index in [0.29, 0.717) is 17.2 Å². The van der Waals surface area contributed by atoms with Gasteiger partial charge in [0.05, 0.1) is 18.2 Å². The zero-order valence-corrected chi connectivity index (χ0v) is 13.6. The minimum atomic E-state index is -0.829. The van der Waals surface area contributed by atoms with Crippen LogP contribution in [0.1, 0.15) is 35.6 Å². The molecule has 3 rings (SSSR count). The van der Waals surface area contributed by atoms with Crippen LogP contribution in [-0.2, 0) is 0 Å². The van der Waals surface area contributed by atoms with Crippen LogP contribution in [0.2, 0.25) is 0 Å². The van der Waals surface area contributed by atoms with Crippen molar-refractivity contribution in [2.24, 2.45) is 0 Å². The Balaban J connectivity index is 1.65. The van der Waals surface area contributed by atoms with Crippen LogP contribution >= 0.6 is 0 Å². The normalized spacial score (nSPS) is 13.4. The lowest BCUT2D eigenvalue weighted by atomic mass is 10.1. The van der Waals surface area contributed by atoms with E-state index in [1.54, 1.807) is 37.3 Å². The molecule has 0 saturated heterocycles. The Morgan fingerprint density at radius 1 is 1.20 bits per heavy atom. The number of aromatic amines is 1. The molecule has 0 aliphatic heterocycles. The van der Waals surface area contributed by atoms with Crippen LogP contribution in [0.5, 0.6) is 0 Å². The van der Waals surface area contributed by atoms with Crippen LogP contribution in [0, 0.1) is 0 Å². The summed E-state index contributed by atoms with van der Waals surface area (Å²) in [6.07, 6.45) is 2.41. The molecule has 1 amide bonds. The van der Waals surface area contributed by atoms with Crippen molar-refractivity contribution in [3.8, 4) is 11.5 Å². The lowest BCUT2D eigenvalue weighted by Crippen LogP contribution is -2.36. The summed E-state index contributed by atoms with van der Waals surface area (Å²) >= 11 is 0. The van der Waals surface area contributed by atoms with Crippen LogP contribution in [0.3, 0.4) is 0 Å². The summed E-state index contributed by atoms with van der Waals surface area (Å²) < 4.78 is 10.3. The molecular formula is C18H18N2O5. The van der Waals surface area contributed by atoms with Crippen molar-refractivity contribution in [2.75, 3.05) is 0 Å². The van der Waals surface area contributed by atoms with Gasteiger partial charge in [0.2, 0.25) is 0 Å². The van der Waals surface area contributed by atoms with Crippen molar-refractivity contribution >= 4 is 5.91 Å². The predicted molar refractivity (Wildman–Crippen MR) is 90.0 cm³/mol. The van der Waals surface area contributed by atoms with E-state index in [0.717, 1.165) is 0 Å². The number of aromatic nitrogens is 1. The van der Waals surface area contributed by atoms with E-state index in [2.05, 4.69) is 10.3 Å². The number of pyridine rings is 1. The number of aliphatic hydroxyl groups excluding tert-OH is 1. The van der Waals surface area contributed by atoms with Gasteiger partial charge < -0.3 is 24.2 Å². The molecule has 3 aromatic rings. The third kappa shape index (κ3) is 3.89. The standard InChI is InChI=1S/C18H18N2O5/c1-11(10-14(21)16-5-3-9-25-16)19-17(22)12-6-7-13(20-18(12)23)15-4-2-8-24-15/h2-9,11,14,21H,10H2,1H3,(H,19,22)(H,20,23). The topological polar surface area (TPSA) is 108 Å². The van der Waals surface area contributed by atoms with E-state index in [-0.39, 0.29) is 18.0 Å². The number of hydrogen-bond donors (Lipinski definition) is 3. The highest BCUT2D eigenvalue weighted by molar-refractivity contribution is 5.94. The number of aliphatic hydroxyl groups is 1. The lowest BCUT2D eigenvalue weighted by Gasteiger charge is -2.16. The third-order valence-electron chi connectivity index (χ3n) is 3.77. The molecule has 3 heterocycles. The SMILES string of the molecule is CC(CC(O)c1ccco1)NC(=O)c1ccc(-c2ccco2)[nH]c1=O. The third-order valence-corrected chi connectivity index (χ3v) is 3.77. The first-order valence-corrected chi connectivity index (χ1v) is 7.84. The number of carbonyl (C=O) groups is 1. The molecule has 0 aliphatic rings. The number of H-pyrrole nitrogens is 1.